The normalized spacial score (nSPS) is 10.6. The molecule has 1 heterocycles. The molecular weight excluding hydrogens is 258 g/mol. The summed E-state index contributed by atoms with van der Waals surface area (Å²) in [6, 6.07) is 4.69. The second-order valence-corrected chi connectivity index (χ2v) is 4.69. The van der Waals surface area contributed by atoms with Crippen molar-refractivity contribution in [3.63, 3.8) is 0 Å². The van der Waals surface area contributed by atoms with Crippen LogP contribution in [0.3, 0.4) is 0 Å². The van der Waals surface area contributed by atoms with Crippen LogP contribution >= 0.6 is 11.8 Å². The molecule has 0 unspecified atom stereocenters. The number of benzene rings is 1. The van der Waals surface area contributed by atoms with Gasteiger partial charge in [-0.3, -0.25) is 4.79 Å². The van der Waals surface area contributed by atoms with Gasteiger partial charge in [0.15, 0.2) is 5.78 Å². The summed E-state index contributed by atoms with van der Waals surface area (Å²) in [5.41, 5.74) is -0.0925. The lowest BCUT2D eigenvalue weighted by atomic mass is 10.1. The Balaban J connectivity index is 2.06. The number of ketones is 1. The molecule has 0 N–H and O–H groups in total. The van der Waals surface area contributed by atoms with Crippen LogP contribution in [0, 0.1) is 18.6 Å². The molecule has 1 aromatic heterocycles. The fraction of sp³-hybridized carbons (Fsp3) is 0.154. The number of carbonyl (C=O) groups excluding carboxylic acids is 1. The minimum Gasteiger partial charge on any atom is -0.468 e. The Morgan fingerprint density at radius 3 is 2.72 bits per heavy atom. The van der Waals surface area contributed by atoms with Gasteiger partial charge in [0.25, 0.3) is 0 Å². The van der Waals surface area contributed by atoms with Crippen molar-refractivity contribution in [2.45, 2.75) is 11.8 Å². The van der Waals surface area contributed by atoms with Crippen LogP contribution in [-0.4, -0.2) is 11.5 Å². The maximum atomic E-state index is 13.4. The zero-order chi connectivity index (χ0) is 13.1. The third kappa shape index (κ3) is 2.79. The van der Waals surface area contributed by atoms with Crippen molar-refractivity contribution in [1.29, 1.82) is 0 Å². The lowest BCUT2D eigenvalue weighted by Gasteiger charge is -2.02. The smallest absolute Gasteiger partial charge is 0.176 e. The minimum atomic E-state index is -0.829. The molecule has 94 valence electrons. The summed E-state index contributed by atoms with van der Waals surface area (Å²) < 4.78 is 31.1. The van der Waals surface area contributed by atoms with Gasteiger partial charge in [0.2, 0.25) is 0 Å². The van der Waals surface area contributed by atoms with E-state index in [4.69, 9.17) is 4.42 Å². The largest absolute Gasteiger partial charge is 0.468 e. The number of hydrogen-bond donors (Lipinski definition) is 0. The van der Waals surface area contributed by atoms with E-state index in [0.29, 0.717) is 11.8 Å². The summed E-state index contributed by atoms with van der Waals surface area (Å²) in [5.74, 6) is -1.10. The molecule has 2 rings (SSSR count). The second kappa shape index (κ2) is 5.35. The average molecular weight is 268 g/mol. The van der Waals surface area contributed by atoms with Crippen LogP contribution < -0.4 is 0 Å². The number of Topliss-reactive ketones (excluding diaryl/α,β-unsaturated/α-hetero) is 1. The van der Waals surface area contributed by atoms with E-state index < -0.39 is 11.6 Å². The maximum Gasteiger partial charge on any atom is 0.176 e. The van der Waals surface area contributed by atoms with E-state index in [-0.39, 0.29) is 17.1 Å². The first-order chi connectivity index (χ1) is 8.58. The lowest BCUT2D eigenvalue weighted by Crippen LogP contribution is -2.05. The predicted molar refractivity (Wildman–Crippen MR) is 64.9 cm³/mol. The van der Waals surface area contributed by atoms with E-state index in [9.17, 15) is 13.6 Å². The molecule has 0 saturated heterocycles. The summed E-state index contributed by atoms with van der Waals surface area (Å²) in [5, 5.41) is 0. The van der Waals surface area contributed by atoms with Gasteiger partial charge < -0.3 is 4.42 Å². The molecule has 0 aliphatic carbocycles. The average Bonchev–Trinajstić information content (AvgIpc) is 2.72. The standard InChI is InChI=1S/C13H10F2O2S/c1-8-13(4-5-17-8)18-7-12(16)10-3-2-9(14)6-11(10)15/h2-6H,7H2,1H3. The van der Waals surface area contributed by atoms with E-state index in [2.05, 4.69) is 0 Å². The Bertz CT molecular complexity index is 578. The number of hydrogen-bond acceptors (Lipinski definition) is 3. The number of carbonyl (C=O) groups is 1. The van der Waals surface area contributed by atoms with Crippen molar-refractivity contribution in [2.24, 2.45) is 0 Å². The molecule has 5 heteroatoms. The van der Waals surface area contributed by atoms with Gasteiger partial charge in [-0.25, -0.2) is 8.78 Å². The van der Waals surface area contributed by atoms with E-state index in [1.54, 1.807) is 13.0 Å². The second-order valence-electron chi connectivity index (χ2n) is 3.68. The zero-order valence-electron chi connectivity index (χ0n) is 9.57. The maximum absolute atomic E-state index is 13.4. The van der Waals surface area contributed by atoms with Crippen LogP contribution in [0.1, 0.15) is 16.1 Å². The molecule has 0 aliphatic rings. The van der Waals surface area contributed by atoms with Gasteiger partial charge in [-0.05, 0) is 25.1 Å². The van der Waals surface area contributed by atoms with Crippen LogP contribution in [0.2, 0.25) is 0 Å². The Labute approximate surface area is 107 Å². The van der Waals surface area contributed by atoms with Gasteiger partial charge >= 0.3 is 0 Å². The lowest BCUT2D eigenvalue weighted by molar-refractivity contribution is 0.101. The summed E-state index contributed by atoms with van der Waals surface area (Å²) in [7, 11) is 0. The van der Waals surface area contributed by atoms with Gasteiger partial charge in [-0.2, -0.15) is 0 Å². The molecule has 18 heavy (non-hydrogen) atoms. The highest BCUT2D eigenvalue weighted by Gasteiger charge is 2.13. The van der Waals surface area contributed by atoms with E-state index >= 15 is 0 Å². The third-order valence-corrected chi connectivity index (χ3v) is 3.54. The summed E-state index contributed by atoms with van der Waals surface area (Å²) in [6.07, 6.45) is 1.53. The molecule has 0 aliphatic heterocycles. The zero-order valence-corrected chi connectivity index (χ0v) is 10.4. The highest BCUT2D eigenvalue weighted by atomic mass is 32.2. The van der Waals surface area contributed by atoms with Gasteiger partial charge in [-0.15, -0.1) is 11.8 Å². The van der Waals surface area contributed by atoms with Crippen molar-refractivity contribution in [2.75, 3.05) is 5.75 Å². The van der Waals surface area contributed by atoms with Crippen LogP contribution in [0.15, 0.2) is 39.8 Å². The Kier molecular flexibility index (Phi) is 3.81. The number of thioether (sulfide) groups is 1. The van der Waals surface area contributed by atoms with Crippen molar-refractivity contribution >= 4 is 17.5 Å². The summed E-state index contributed by atoms with van der Waals surface area (Å²) in [4.78, 5) is 12.6. The van der Waals surface area contributed by atoms with Gasteiger partial charge in [0, 0.05) is 11.0 Å². The van der Waals surface area contributed by atoms with Crippen LogP contribution in [0.5, 0.6) is 0 Å². The monoisotopic (exact) mass is 268 g/mol. The first-order valence-corrected chi connectivity index (χ1v) is 6.21. The van der Waals surface area contributed by atoms with Crippen LogP contribution in [-0.2, 0) is 0 Å². The minimum absolute atomic E-state index is 0.0862. The van der Waals surface area contributed by atoms with Gasteiger partial charge in [0.1, 0.15) is 17.4 Å². The highest BCUT2D eigenvalue weighted by molar-refractivity contribution is 8.00. The van der Waals surface area contributed by atoms with Crippen molar-refractivity contribution in [1.82, 2.24) is 0 Å². The number of furan rings is 1. The Morgan fingerprint density at radius 2 is 2.11 bits per heavy atom. The van der Waals surface area contributed by atoms with Gasteiger partial charge in [-0.1, -0.05) is 0 Å². The van der Waals surface area contributed by atoms with E-state index in [0.717, 1.165) is 17.0 Å². The first-order valence-electron chi connectivity index (χ1n) is 5.23. The molecule has 0 radical (unpaired) electrons. The quantitative estimate of drug-likeness (QED) is 0.623. The van der Waals surface area contributed by atoms with E-state index in [1.165, 1.54) is 18.0 Å². The molecule has 0 amide bonds. The number of halogens is 2. The molecule has 0 atom stereocenters. The Hall–Kier alpha value is -1.62. The SMILES string of the molecule is Cc1occc1SCC(=O)c1ccc(F)cc1F. The summed E-state index contributed by atoms with van der Waals surface area (Å²) in [6.45, 7) is 1.78. The molecule has 0 fully saturated rings. The molecule has 2 nitrogen and oxygen atoms in total. The van der Waals surface area contributed by atoms with Crippen LogP contribution in [0.4, 0.5) is 8.78 Å². The molecule has 1 aromatic carbocycles. The fourth-order valence-electron chi connectivity index (χ4n) is 1.46. The van der Waals surface area contributed by atoms with Crippen molar-refractivity contribution in [3.05, 3.63) is 53.5 Å². The molecular formula is C13H10F2O2S. The third-order valence-electron chi connectivity index (χ3n) is 2.40. The molecule has 0 saturated carbocycles. The number of rotatable bonds is 4. The highest BCUT2D eigenvalue weighted by Crippen LogP contribution is 2.24. The van der Waals surface area contributed by atoms with E-state index in [1.807, 2.05) is 0 Å². The first kappa shape index (κ1) is 12.8. The van der Waals surface area contributed by atoms with Crippen LogP contribution in [0.25, 0.3) is 0 Å². The molecule has 0 bridgehead atoms. The summed E-state index contributed by atoms with van der Waals surface area (Å²) >= 11 is 1.27. The van der Waals surface area contributed by atoms with Crippen molar-refractivity contribution < 1.29 is 18.0 Å². The predicted octanol–water partition coefficient (Wildman–Crippen LogP) is 3.84. The van der Waals surface area contributed by atoms with Gasteiger partial charge in [0.05, 0.1) is 17.6 Å². The molecule has 0 spiro atoms. The molecule has 2 aromatic rings. The number of aryl methyl sites for hydroxylation is 1. The topological polar surface area (TPSA) is 30.2 Å². The Morgan fingerprint density at radius 1 is 1.33 bits per heavy atom. The fourth-order valence-corrected chi connectivity index (χ4v) is 2.30. The van der Waals surface area contributed by atoms with Crippen molar-refractivity contribution in [3.8, 4) is 0 Å².